The van der Waals surface area contributed by atoms with Gasteiger partial charge in [0.05, 0.1) is 12.0 Å². The van der Waals surface area contributed by atoms with Crippen molar-refractivity contribution in [3.63, 3.8) is 0 Å². The summed E-state index contributed by atoms with van der Waals surface area (Å²) in [6.07, 6.45) is 6.85. The van der Waals surface area contributed by atoms with E-state index in [1.54, 1.807) is 30.5 Å². The van der Waals surface area contributed by atoms with E-state index in [4.69, 9.17) is 10.2 Å². The molecule has 2 atom stereocenters. The van der Waals surface area contributed by atoms with Crippen molar-refractivity contribution in [2.75, 3.05) is 0 Å². The maximum Gasteiger partial charge on any atom is 0.261 e. The summed E-state index contributed by atoms with van der Waals surface area (Å²) in [7, 11) is 0. The van der Waals surface area contributed by atoms with E-state index in [2.05, 4.69) is 10.3 Å². The van der Waals surface area contributed by atoms with Crippen molar-refractivity contribution in [1.82, 2.24) is 10.3 Å². The Hall–Kier alpha value is -2.34. The Morgan fingerprint density at radius 1 is 1.20 bits per heavy atom. The number of furan rings is 1. The molecule has 25 heavy (non-hydrogen) atoms. The van der Waals surface area contributed by atoms with Crippen molar-refractivity contribution >= 4 is 5.91 Å². The number of pyridine rings is 1. The number of aromatic amines is 1. The van der Waals surface area contributed by atoms with Crippen molar-refractivity contribution in [3.8, 4) is 11.5 Å². The van der Waals surface area contributed by atoms with Crippen molar-refractivity contribution in [3.05, 3.63) is 46.4 Å². The number of carbonyl (C=O) groups excluding carboxylic acids is 1. The van der Waals surface area contributed by atoms with E-state index < -0.39 is 5.56 Å². The van der Waals surface area contributed by atoms with Crippen LogP contribution in [0.1, 0.15) is 42.5 Å². The number of hydrogen-bond donors (Lipinski definition) is 3. The SMILES string of the molecule is NC1CC2CCCC(C1)C2NC(=O)c1ccc(-c2ccco2)[nH]c1=O. The average Bonchev–Trinajstić information content (AvgIpc) is 3.10. The molecule has 4 rings (SSSR count). The minimum absolute atomic E-state index is 0.130. The molecule has 2 fully saturated rings. The predicted octanol–water partition coefficient (Wildman–Crippen LogP) is 2.27. The molecule has 4 N–H and O–H groups in total. The second kappa shape index (κ2) is 6.52. The second-order valence-electron chi connectivity index (χ2n) is 7.27. The largest absolute Gasteiger partial charge is 0.463 e. The minimum Gasteiger partial charge on any atom is -0.463 e. The molecule has 0 saturated heterocycles. The Morgan fingerprint density at radius 3 is 2.60 bits per heavy atom. The lowest BCUT2D eigenvalue weighted by molar-refractivity contribution is 0.0754. The number of rotatable bonds is 3. The number of fused-ring (bicyclic) bond motifs is 2. The second-order valence-corrected chi connectivity index (χ2v) is 7.27. The number of nitrogens with two attached hydrogens (primary N) is 1. The fourth-order valence-electron chi connectivity index (χ4n) is 4.48. The molecule has 2 unspecified atom stereocenters. The van der Waals surface area contributed by atoms with Crippen LogP contribution in [0.4, 0.5) is 0 Å². The fourth-order valence-corrected chi connectivity index (χ4v) is 4.48. The van der Waals surface area contributed by atoms with Crippen LogP contribution < -0.4 is 16.6 Å². The van der Waals surface area contributed by atoms with Crippen molar-refractivity contribution in [2.24, 2.45) is 17.6 Å². The van der Waals surface area contributed by atoms with Gasteiger partial charge >= 0.3 is 0 Å². The van der Waals surface area contributed by atoms with Gasteiger partial charge in [-0.25, -0.2) is 0 Å². The summed E-state index contributed by atoms with van der Waals surface area (Å²) in [5, 5.41) is 3.11. The molecule has 0 aromatic carbocycles. The molecule has 2 saturated carbocycles. The molecule has 0 spiro atoms. The fraction of sp³-hybridized carbons (Fsp3) is 0.474. The molecule has 2 aliphatic rings. The van der Waals surface area contributed by atoms with Gasteiger partial charge in [0.25, 0.3) is 11.5 Å². The molecule has 6 nitrogen and oxygen atoms in total. The molecule has 2 heterocycles. The summed E-state index contributed by atoms with van der Waals surface area (Å²) in [6.45, 7) is 0. The molecule has 1 amide bonds. The van der Waals surface area contributed by atoms with E-state index in [0.717, 1.165) is 25.7 Å². The first kappa shape index (κ1) is 16.1. The van der Waals surface area contributed by atoms with Gasteiger partial charge < -0.3 is 20.5 Å². The molecule has 2 bridgehead atoms. The number of H-pyrrole nitrogens is 1. The molecular formula is C19H23N3O3. The number of nitrogens with one attached hydrogen (secondary N) is 2. The van der Waals surface area contributed by atoms with Crippen LogP contribution in [-0.2, 0) is 0 Å². The Labute approximate surface area is 145 Å². The molecule has 2 aliphatic carbocycles. The van der Waals surface area contributed by atoms with E-state index in [-0.39, 0.29) is 23.6 Å². The first-order valence-electron chi connectivity index (χ1n) is 8.95. The molecule has 6 heteroatoms. The Morgan fingerprint density at radius 2 is 1.96 bits per heavy atom. The molecule has 0 radical (unpaired) electrons. The summed E-state index contributed by atoms with van der Waals surface area (Å²) in [5.74, 6) is 1.12. The van der Waals surface area contributed by atoms with Crippen LogP contribution in [0.15, 0.2) is 39.7 Å². The summed E-state index contributed by atoms with van der Waals surface area (Å²) >= 11 is 0. The van der Waals surface area contributed by atoms with Crippen molar-refractivity contribution < 1.29 is 9.21 Å². The van der Waals surface area contributed by atoms with E-state index in [9.17, 15) is 9.59 Å². The van der Waals surface area contributed by atoms with Gasteiger partial charge in [-0.2, -0.15) is 0 Å². The first-order chi connectivity index (χ1) is 12.1. The third-order valence-corrected chi connectivity index (χ3v) is 5.62. The zero-order valence-electron chi connectivity index (χ0n) is 14.0. The minimum atomic E-state index is -0.399. The summed E-state index contributed by atoms with van der Waals surface area (Å²) in [4.78, 5) is 27.7. The van der Waals surface area contributed by atoms with Gasteiger partial charge in [0.1, 0.15) is 11.3 Å². The highest BCUT2D eigenvalue weighted by molar-refractivity contribution is 5.94. The third kappa shape index (κ3) is 3.14. The predicted molar refractivity (Wildman–Crippen MR) is 94.1 cm³/mol. The number of aromatic nitrogens is 1. The summed E-state index contributed by atoms with van der Waals surface area (Å²) in [6, 6.07) is 7.14. The lowest BCUT2D eigenvalue weighted by Crippen LogP contribution is -2.54. The average molecular weight is 341 g/mol. The first-order valence-corrected chi connectivity index (χ1v) is 8.95. The summed E-state index contributed by atoms with van der Waals surface area (Å²) < 4.78 is 5.27. The quantitative estimate of drug-likeness (QED) is 0.797. The van der Waals surface area contributed by atoms with Crippen molar-refractivity contribution in [1.29, 1.82) is 0 Å². The smallest absolute Gasteiger partial charge is 0.261 e. The molecule has 2 aromatic rings. The maximum atomic E-state index is 12.7. The lowest BCUT2D eigenvalue weighted by Gasteiger charge is -2.45. The van der Waals surface area contributed by atoms with Crippen LogP contribution in [0.3, 0.4) is 0 Å². The Balaban J connectivity index is 1.52. The highest BCUT2D eigenvalue weighted by Gasteiger charge is 2.40. The van der Waals surface area contributed by atoms with Crippen LogP contribution in [0, 0.1) is 11.8 Å². The monoisotopic (exact) mass is 341 g/mol. The number of carbonyl (C=O) groups is 1. The zero-order valence-corrected chi connectivity index (χ0v) is 14.0. The molecule has 0 aliphatic heterocycles. The van der Waals surface area contributed by atoms with E-state index >= 15 is 0 Å². The van der Waals surface area contributed by atoms with Gasteiger partial charge in [0.15, 0.2) is 0 Å². The summed E-state index contributed by atoms with van der Waals surface area (Å²) in [5.41, 5.74) is 6.44. The third-order valence-electron chi connectivity index (χ3n) is 5.62. The Kier molecular flexibility index (Phi) is 4.21. The number of amides is 1. The highest BCUT2D eigenvalue weighted by Crippen LogP contribution is 2.39. The Bertz CT molecular complexity index is 798. The van der Waals surface area contributed by atoms with E-state index in [1.165, 1.54) is 6.42 Å². The van der Waals surface area contributed by atoms with Gasteiger partial charge in [-0.05, 0) is 61.8 Å². The van der Waals surface area contributed by atoms with E-state index in [0.29, 0.717) is 23.3 Å². The zero-order chi connectivity index (χ0) is 17.4. The molecular weight excluding hydrogens is 318 g/mol. The standard InChI is InChI=1S/C19H23N3O3/c20-13-9-11-3-1-4-12(10-13)17(11)22-19(24)14-6-7-15(21-18(14)23)16-5-2-8-25-16/h2,5-8,11-13,17H,1,3-4,9-10,20H2,(H,21,23)(H,22,24). The lowest BCUT2D eigenvalue weighted by atomic mass is 9.67. The van der Waals surface area contributed by atoms with Gasteiger partial charge in [0, 0.05) is 12.1 Å². The topological polar surface area (TPSA) is 101 Å². The highest BCUT2D eigenvalue weighted by atomic mass is 16.3. The van der Waals surface area contributed by atoms with Crippen molar-refractivity contribution in [2.45, 2.75) is 44.2 Å². The van der Waals surface area contributed by atoms with Crippen LogP contribution in [0.25, 0.3) is 11.5 Å². The van der Waals surface area contributed by atoms with Crippen LogP contribution >= 0.6 is 0 Å². The van der Waals surface area contributed by atoms with Crippen LogP contribution in [-0.4, -0.2) is 23.0 Å². The molecule has 2 aromatic heterocycles. The van der Waals surface area contributed by atoms with Gasteiger partial charge in [-0.1, -0.05) is 6.42 Å². The van der Waals surface area contributed by atoms with Gasteiger partial charge in [0.2, 0.25) is 0 Å². The number of hydrogen-bond acceptors (Lipinski definition) is 4. The van der Waals surface area contributed by atoms with Crippen LogP contribution in [0.5, 0.6) is 0 Å². The molecule has 132 valence electrons. The maximum absolute atomic E-state index is 12.7. The van der Waals surface area contributed by atoms with Gasteiger partial charge in [-0.3, -0.25) is 9.59 Å². The van der Waals surface area contributed by atoms with E-state index in [1.807, 2.05) is 0 Å². The normalized spacial score (nSPS) is 28.5. The van der Waals surface area contributed by atoms with Gasteiger partial charge in [-0.15, -0.1) is 0 Å². The van der Waals surface area contributed by atoms with Crippen LogP contribution in [0.2, 0.25) is 0 Å².